The molecule has 0 spiro atoms. The standard InChI is InChI=1S/C13H23N3O2/c1-3-17-11(10-7-5-4-6-8-10)12-15-13(9(2)14)18-16-12/h9-11H,3-8,14H2,1-2H3. The Balaban J connectivity index is 2.11. The fourth-order valence-corrected chi connectivity index (χ4v) is 2.59. The van der Waals surface area contributed by atoms with Gasteiger partial charge in [-0.3, -0.25) is 0 Å². The van der Waals surface area contributed by atoms with Gasteiger partial charge >= 0.3 is 0 Å². The van der Waals surface area contributed by atoms with E-state index in [-0.39, 0.29) is 12.1 Å². The van der Waals surface area contributed by atoms with Gasteiger partial charge in [-0.05, 0) is 32.6 Å². The van der Waals surface area contributed by atoms with Crippen molar-refractivity contribution in [2.75, 3.05) is 6.61 Å². The highest BCUT2D eigenvalue weighted by Crippen LogP contribution is 2.35. The molecule has 2 rings (SSSR count). The van der Waals surface area contributed by atoms with E-state index in [1.54, 1.807) is 0 Å². The van der Waals surface area contributed by atoms with E-state index in [1.165, 1.54) is 32.1 Å². The molecular formula is C13H23N3O2. The normalized spacial score (nSPS) is 20.8. The van der Waals surface area contributed by atoms with Crippen molar-refractivity contribution in [2.45, 2.75) is 58.1 Å². The zero-order valence-corrected chi connectivity index (χ0v) is 11.3. The largest absolute Gasteiger partial charge is 0.370 e. The van der Waals surface area contributed by atoms with Gasteiger partial charge < -0.3 is 15.0 Å². The van der Waals surface area contributed by atoms with Gasteiger partial charge in [-0.15, -0.1) is 0 Å². The highest BCUT2D eigenvalue weighted by Gasteiger charge is 2.29. The van der Waals surface area contributed by atoms with Gasteiger partial charge in [0.2, 0.25) is 11.7 Å². The van der Waals surface area contributed by atoms with Gasteiger partial charge in [0.15, 0.2) is 0 Å². The summed E-state index contributed by atoms with van der Waals surface area (Å²) in [5.41, 5.74) is 5.74. The zero-order valence-electron chi connectivity index (χ0n) is 11.3. The van der Waals surface area contributed by atoms with Crippen LogP contribution in [0.2, 0.25) is 0 Å². The number of ether oxygens (including phenoxy) is 1. The first-order chi connectivity index (χ1) is 8.72. The molecule has 5 heteroatoms. The van der Waals surface area contributed by atoms with E-state index in [0.29, 0.717) is 24.2 Å². The SMILES string of the molecule is CCOC(c1noc(C(C)N)n1)C1CCCCC1. The number of hydrogen-bond donors (Lipinski definition) is 1. The van der Waals surface area contributed by atoms with Gasteiger partial charge in [0.25, 0.3) is 0 Å². The average molecular weight is 253 g/mol. The van der Waals surface area contributed by atoms with Gasteiger partial charge in [0.1, 0.15) is 6.10 Å². The zero-order chi connectivity index (χ0) is 13.0. The smallest absolute Gasteiger partial charge is 0.243 e. The van der Waals surface area contributed by atoms with Crippen LogP contribution in [0.3, 0.4) is 0 Å². The predicted molar refractivity (Wildman–Crippen MR) is 67.8 cm³/mol. The molecule has 2 N–H and O–H groups in total. The van der Waals surface area contributed by atoms with Crippen LogP contribution in [0.25, 0.3) is 0 Å². The van der Waals surface area contributed by atoms with Crippen LogP contribution in [0.15, 0.2) is 4.52 Å². The average Bonchev–Trinajstić information content (AvgIpc) is 2.86. The van der Waals surface area contributed by atoms with Crippen LogP contribution in [0.1, 0.15) is 69.8 Å². The molecular weight excluding hydrogens is 230 g/mol. The lowest BCUT2D eigenvalue weighted by molar-refractivity contribution is -0.00145. The van der Waals surface area contributed by atoms with Gasteiger partial charge in [0.05, 0.1) is 6.04 Å². The molecule has 0 bridgehead atoms. The van der Waals surface area contributed by atoms with Gasteiger partial charge in [-0.25, -0.2) is 0 Å². The Kier molecular flexibility index (Phi) is 4.72. The Bertz CT molecular complexity index is 359. The predicted octanol–water partition coefficient (Wildman–Crippen LogP) is 2.75. The van der Waals surface area contributed by atoms with Crippen molar-refractivity contribution >= 4 is 0 Å². The maximum Gasteiger partial charge on any atom is 0.243 e. The summed E-state index contributed by atoms with van der Waals surface area (Å²) in [7, 11) is 0. The van der Waals surface area contributed by atoms with Gasteiger partial charge in [-0.1, -0.05) is 24.4 Å². The molecule has 1 aliphatic rings. The van der Waals surface area contributed by atoms with E-state index in [9.17, 15) is 0 Å². The van der Waals surface area contributed by atoms with E-state index >= 15 is 0 Å². The summed E-state index contributed by atoms with van der Waals surface area (Å²) in [4.78, 5) is 4.38. The molecule has 1 fully saturated rings. The monoisotopic (exact) mass is 253 g/mol. The van der Waals surface area contributed by atoms with Crippen LogP contribution in [-0.2, 0) is 4.74 Å². The summed E-state index contributed by atoms with van der Waals surface area (Å²) >= 11 is 0. The Labute approximate surface area is 108 Å². The van der Waals surface area contributed by atoms with Gasteiger partial charge in [0, 0.05) is 6.61 Å². The summed E-state index contributed by atoms with van der Waals surface area (Å²) < 4.78 is 11.0. The first-order valence-electron chi connectivity index (χ1n) is 6.93. The maximum atomic E-state index is 5.83. The van der Waals surface area contributed by atoms with Gasteiger partial charge in [-0.2, -0.15) is 4.98 Å². The lowest BCUT2D eigenvalue weighted by Gasteiger charge is -2.27. The molecule has 0 aliphatic heterocycles. The number of rotatable bonds is 5. The summed E-state index contributed by atoms with van der Waals surface area (Å²) in [6.45, 7) is 4.51. The molecule has 2 atom stereocenters. The number of nitrogens with two attached hydrogens (primary N) is 1. The molecule has 0 radical (unpaired) electrons. The number of aromatic nitrogens is 2. The third-order valence-corrected chi connectivity index (χ3v) is 3.53. The molecule has 1 saturated carbocycles. The minimum absolute atomic E-state index is 0.0356. The van der Waals surface area contributed by atoms with Crippen molar-refractivity contribution in [3.8, 4) is 0 Å². The second-order valence-electron chi connectivity index (χ2n) is 5.05. The highest BCUT2D eigenvalue weighted by molar-refractivity contribution is 4.97. The molecule has 18 heavy (non-hydrogen) atoms. The molecule has 1 aromatic heterocycles. The second-order valence-corrected chi connectivity index (χ2v) is 5.05. The van der Waals surface area contributed by atoms with Crippen molar-refractivity contribution in [3.05, 3.63) is 11.7 Å². The van der Waals surface area contributed by atoms with Crippen molar-refractivity contribution < 1.29 is 9.26 Å². The Morgan fingerprint density at radius 3 is 2.67 bits per heavy atom. The number of hydrogen-bond acceptors (Lipinski definition) is 5. The molecule has 102 valence electrons. The van der Waals surface area contributed by atoms with Crippen LogP contribution in [-0.4, -0.2) is 16.7 Å². The van der Waals surface area contributed by atoms with E-state index in [4.69, 9.17) is 15.0 Å². The lowest BCUT2D eigenvalue weighted by atomic mass is 9.85. The second kappa shape index (κ2) is 6.29. The first kappa shape index (κ1) is 13.5. The topological polar surface area (TPSA) is 74.2 Å². The summed E-state index contributed by atoms with van der Waals surface area (Å²) in [5, 5.41) is 4.04. The Morgan fingerprint density at radius 1 is 1.39 bits per heavy atom. The van der Waals surface area contributed by atoms with E-state index in [1.807, 2.05) is 13.8 Å². The quantitative estimate of drug-likeness (QED) is 0.873. The molecule has 2 unspecified atom stereocenters. The molecule has 1 aliphatic carbocycles. The van der Waals surface area contributed by atoms with Crippen LogP contribution in [0.4, 0.5) is 0 Å². The highest BCUT2D eigenvalue weighted by atomic mass is 16.5. The molecule has 1 heterocycles. The van der Waals surface area contributed by atoms with Crippen LogP contribution >= 0.6 is 0 Å². The molecule has 1 aromatic rings. The molecule has 5 nitrogen and oxygen atoms in total. The third kappa shape index (κ3) is 3.09. The number of nitrogens with zero attached hydrogens (tertiary/aromatic N) is 2. The Hall–Kier alpha value is -0.940. The first-order valence-corrected chi connectivity index (χ1v) is 6.93. The minimum atomic E-state index is -0.222. The van der Waals surface area contributed by atoms with Crippen molar-refractivity contribution in [1.82, 2.24) is 10.1 Å². The summed E-state index contributed by atoms with van der Waals surface area (Å²) in [6.07, 6.45) is 6.21. The van der Waals surface area contributed by atoms with Crippen LogP contribution in [0, 0.1) is 5.92 Å². The third-order valence-electron chi connectivity index (χ3n) is 3.53. The van der Waals surface area contributed by atoms with Crippen molar-refractivity contribution in [2.24, 2.45) is 11.7 Å². The molecule has 0 saturated heterocycles. The van der Waals surface area contributed by atoms with Crippen LogP contribution < -0.4 is 5.73 Å². The lowest BCUT2D eigenvalue weighted by Crippen LogP contribution is -2.20. The summed E-state index contributed by atoms with van der Waals surface area (Å²) in [5.74, 6) is 1.67. The minimum Gasteiger partial charge on any atom is -0.370 e. The van der Waals surface area contributed by atoms with Crippen molar-refractivity contribution in [1.29, 1.82) is 0 Å². The van der Waals surface area contributed by atoms with E-state index in [0.717, 1.165) is 0 Å². The fourth-order valence-electron chi connectivity index (χ4n) is 2.59. The van der Waals surface area contributed by atoms with E-state index in [2.05, 4.69) is 10.1 Å². The van der Waals surface area contributed by atoms with Crippen molar-refractivity contribution in [3.63, 3.8) is 0 Å². The van der Waals surface area contributed by atoms with E-state index < -0.39 is 0 Å². The molecule has 0 amide bonds. The Morgan fingerprint density at radius 2 is 2.11 bits per heavy atom. The fraction of sp³-hybridized carbons (Fsp3) is 0.846. The maximum absolute atomic E-state index is 5.83. The van der Waals surface area contributed by atoms with Crippen LogP contribution in [0.5, 0.6) is 0 Å². The molecule has 0 aromatic carbocycles. The summed E-state index contributed by atoms with van der Waals surface area (Å²) in [6, 6.07) is -0.222.